The summed E-state index contributed by atoms with van der Waals surface area (Å²) in [6.45, 7) is 5.63. The lowest BCUT2D eigenvalue weighted by atomic mass is 10.1. The van der Waals surface area contributed by atoms with E-state index < -0.39 is 0 Å². The molecule has 0 aliphatic heterocycles. The van der Waals surface area contributed by atoms with Gasteiger partial charge in [0.25, 0.3) is 0 Å². The lowest BCUT2D eigenvalue weighted by Crippen LogP contribution is -2.14. The molecule has 44 heavy (non-hydrogen) atoms. The topological polar surface area (TPSA) is 31.7 Å². The highest BCUT2D eigenvalue weighted by Gasteiger charge is 2.15. The summed E-state index contributed by atoms with van der Waals surface area (Å²) in [6, 6.07) is 46.8. The second-order valence-electron chi connectivity index (χ2n) is 10.0. The molecule has 0 spiro atoms. The van der Waals surface area contributed by atoms with E-state index in [0.717, 1.165) is 34.1 Å². The first kappa shape index (κ1) is 28.6. The van der Waals surface area contributed by atoms with E-state index in [1.54, 1.807) is 17.5 Å². The standard InChI is InChI=1S/C39H32N4S/c1-3-32(24-27-40-2)42(33-10-6-4-7-11-33)35-18-14-30(15-19-35)38-22-23-39(44-38)31-16-20-36(21-17-31)43(34-12-8-5-9-13-34)37-25-28-41-29-26-37/h3-29H,2H2,1H3/b27-24-,32-3+. The fourth-order valence-electron chi connectivity index (χ4n) is 5.17. The Hall–Kier alpha value is -5.52. The number of thiophene rings is 1. The van der Waals surface area contributed by atoms with Crippen molar-refractivity contribution in [1.82, 2.24) is 4.98 Å². The molecule has 6 rings (SSSR count). The molecule has 0 radical (unpaired) electrons. The summed E-state index contributed by atoms with van der Waals surface area (Å²) in [7, 11) is 0. The molecule has 0 unspecified atom stereocenters. The summed E-state index contributed by atoms with van der Waals surface area (Å²) in [4.78, 5) is 15.0. The van der Waals surface area contributed by atoms with E-state index >= 15 is 0 Å². The Morgan fingerprint density at radius 3 is 1.64 bits per heavy atom. The van der Waals surface area contributed by atoms with Gasteiger partial charge in [-0.3, -0.25) is 9.98 Å². The summed E-state index contributed by atoms with van der Waals surface area (Å²) in [5.74, 6) is 0. The zero-order valence-electron chi connectivity index (χ0n) is 24.5. The Balaban J connectivity index is 1.26. The number of pyridine rings is 1. The van der Waals surface area contributed by atoms with Crippen LogP contribution in [-0.4, -0.2) is 11.7 Å². The second-order valence-corrected chi connectivity index (χ2v) is 11.1. The fourth-order valence-corrected chi connectivity index (χ4v) is 6.19. The van der Waals surface area contributed by atoms with E-state index in [2.05, 4.69) is 142 Å². The van der Waals surface area contributed by atoms with Gasteiger partial charge in [-0.15, -0.1) is 11.3 Å². The SMILES string of the molecule is C=N/C=C\C(=C/C)N(c1ccccc1)c1ccc(-c2ccc(-c3ccc(N(c4ccccc4)c4ccncc4)cc3)s2)cc1. The Morgan fingerprint density at radius 2 is 1.09 bits per heavy atom. The van der Waals surface area contributed by atoms with Gasteiger partial charge in [0.2, 0.25) is 0 Å². The summed E-state index contributed by atoms with van der Waals surface area (Å²) in [5.41, 5.74) is 8.84. The van der Waals surface area contributed by atoms with Gasteiger partial charge in [-0.2, -0.15) is 0 Å². The third-order valence-corrected chi connectivity index (χ3v) is 8.46. The first-order valence-corrected chi connectivity index (χ1v) is 15.3. The van der Waals surface area contributed by atoms with Crippen molar-refractivity contribution in [2.75, 3.05) is 9.80 Å². The first-order chi connectivity index (χ1) is 21.7. The van der Waals surface area contributed by atoms with Crippen LogP contribution in [0.25, 0.3) is 20.9 Å². The zero-order valence-corrected chi connectivity index (χ0v) is 25.3. The van der Waals surface area contributed by atoms with Crippen molar-refractivity contribution in [1.29, 1.82) is 0 Å². The Kier molecular flexibility index (Phi) is 8.86. The highest BCUT2D eigenvalue weighted by molar-refractivity contribution is 7.18. The van der Waals surface area contributed by atoms with Crippen LogP contribution in [0.3, 0.4) is 0 Å². The highest BCUT2D eigenvalue weighted by Crippen LogP contribution is 2.39. The molecule has 4 nitrogen and oxygen atoms in total. The number of para-hydroxylation sites is 2. The molecular weight excluding hydrogens is 557 g/mol. The van der Waals surface area contributed by atoms with E-state index in [4.69, 9.17) is 0 Å². The molecule has 0 saturated carbocycles. The molecule has 214 valence electrons. The van der Waals surface area contributed by atoms with E-state index in [9.17, 15) is 0 Å². The van der Waals surface area contributed by atoms with E-state index in [1.165, 1.54) is 20.9 Å². The molecule has 6 aromatic rings. The number of hydrogen-bond acceptors (Lipinski definition) is 5. The first-order valence-electron chi connectivity index (χ1n) is 14.4. The molecule has 0 atom stereocenters. The van der Waals surface area contributed by atoms with Crippen molar-refractivity contribution >= 4 is 46.5 Å². The third-order valence-electron chi connectivity index (χ3n) is 7.28. The minimum atomic E-state index is 1.02. The molecule has 2 aromatic heterocycles. The van der Waals surface area contributed by atoms with Gasteiger partial charge in [0, 0.05) is 62.5 Å². The number of allylic oxidation sites excluding steroid dienone is 2. The number of aromatic nitrogens is 1. The number of benzene rings is 4. The number of aliphatic imine (C=N–C) groups is 1. The van der Waals surface area contributed by atoms with Gasteiger partial charge in [-0.25, -0.2) is 0 Å². The van der Waals surface area contributed by atoms with Crippen LogP contribution in [0.15, 0.2) is 175 Å². The van der Waals surface area contributed by atoms with Crippen LogP contribution in [0, 0.1) is 0 Å². The van der Waals surface area contributed by atoms with Gasteiger partial charge in [-0.1, -0.05) is 66.7 Å². The number of nitrogens with zero attached hydrogens (tertiary/aromatic N) is 4. The lowest BCUT2D eigenvalue weighted by Gasteiger charge is -2.26. The minimum Gasteiger partial charge on any atom is -0.311 e. The maximum atomic E-state index is 4.21. The summed E-state index contributed by atoms with van der Waals surface area (Å²) in [5, 5.41) is 0. The highest BCUT2D eigenvalue weighted by atomic mass is 32.1. The molecule has 2 heterocycles. The van der Waals surface area contributed by atoms with Gasteiger partial charge in [-0.05, 0) is 104 Å². The van der Waals surface area contributed by atoms with Crippen molar-refractivity contribution in [2.45, 2.75) is 6.92 Å². The number of anilines is 5. The van der Waals surface area contributed by atoms with Crippen LogP contribution in [0.5, 0.6) is 0 Å². The van der Waals surface area contributed by atoms with Gasteiger partial charge < -0.3 is 9.80 Å². The third kappa shape index (κ3) is 6.28. The molecular formula is C39H32N4S. The smallest absolute Gasteiger partial charge is 0.0492 e. The maximum Gasteiger partial charge on any atom is 0.0492 e. The van der Waals surface area contributed by atoms with E-state index in [0.29, 0.717) is 0 Å². The van der Waals surface area contributed by atoms with Crippen molar-refractivity contribution in [3.8, 4) is 20.9 Å². The van der Waals surface area contributed by atoms with Gasteiger partial charge in [0.1, 0.15) is 0 Å². The fraction of sp³-hybridized carbons (Fsp3) is 0.0256. The predicted octanol–water partition coefficient (Wildman–Crippen LogP) is 11.2. The number of hydrogen-bond donors (Lipinski definition) is 0. The van der Waals surface area contributed by atoms with Crippen LogP contribution in [-0.2, 0) is 0 Å². The Labute approximate surface area is 263 Å². The molecule has 4 aromatic carbocycles. The second kappa shape index (κ2) is 13.6. The Morgan fingerprint density at radius 1 is 0.614 bits per heavy atom. The molecule has 0 fully saturated rings. The zero-order chi connectivity index (χ0) is 30.1. The van der Waals surface area contributed by atoms with Crippen molar-refractivity contribution in [2.24, 2.45) is 4.99 Å². The molecule has 0 bridgehead atoms. The van der Waals surface area contributed by atoms with Crippen molar-refractivity contribution in [3.63, 3.8) is 0 Å². The minimum absolute atomic E-state index is 1.02. The van der Waals surface area contributed by atoms with Crippen molar-refractivity contribution in [3.05, 3.63) is 170 Å². The molecule has 0 saturated heterocycles. The molecule has 0 N–H and O–H groups in total. The predicted molar refractivity (Wildman–Crippen MR) is 189 cm³/mol. The van der Waals surface area contributed by atoms with Crippen LogP contribution in [0.2, 0.25) is 0 Å². The molecule has 0 aliphatic rings. The quantitative estimate of drug-likeness (QED) is 0.118. The normalized spacial score (nSPS) is 11.4. The van der Waals surface area contributed by atoms with Gasteiger partial charge in [0.15, 0.2) is 0 Å². The monoisotopic (exact) mass is 588 g/mol. The molecule has 0 amide bonds. The largest absolute Gasteiger partial charge is 0.311 e. The van der Waals surface area contributed by atoms with Crippen molar-refractivity contribution < 1.29 is 0 Å². The Bertz CT molecular complexity index is 1820. The maximum absolute atomic E-state index is 4.21. The molecule has 0 aliphatic carbocycles. The summed E-state index contributed by atoms with van der Waals surface area (Å²) >= 11 is 1.80. The number of rotatable bonds is 10. The van der Waals surface area contributed by atoms with Crippen LogP contribution >= 0.6 is 11.3 Å². The van der Waals surface area contributed by atoms with Crippen LogP contribution < -0.4 is 9.80 Å². The average molecular weight is 589 g/mol. The van der Waals surface area contributed by atoms with Gasteiger partial charge in [0.05, 0.1) is 0 Å². The van der Waals surface area contributed by atoms with E-state index in [-0.39, 0.29) is 0 Å². The van der Waals surface area contributed by atoms with Crippen LogP contribution in [0.1, 0.15) is 6.92 Å². The van der Waals surface area contributed by atoms with Gasteiger partial charge >= 0.3 is 0 Å². The molecule has 5 heteroatoms. The van der Waals surface area contributed by atoms with E-state index in [1.807, 2.05) is 49.7 Å². The summed E-state index contributed by atoms with van der Waals surface area (Å²) in [6.07, 6.45) is 9.43. The average Bonchev–Trinajstić information content (AvgIpc) is 3.59. The lowest BCUT2D eigenvalue weighted by molar-refractivity contribution is 1.20. The summed E-state index contributed by atoms with van der Waals surface area (Å²) < 4.78 is 0. The van der Waals surface area contributed by atoms with Crippen LogP contribution in [0.4, 0.5) is 28.4 Å².